The van der Waals surface area contributed by atoms with Gasteiger partial charge in [-0.3, -0.25) is 9.59 Å². The molecule has 2 amide bonds. The van der Waals surface area contributed by atoms with Gasteiger partial charge >= 0.3 is 0 Å². The summed E-state index contributed by atoms with van der Waals surface area (Å²) in [5, 5.41) is 3.01. The molecule has 34 heavy (non-hydrogen) atoms. The summed E-state index contributed by atoms with van der Waals surface area (Å²) in [5.74, 6) is 0.354. The molecule has 1 N–H and O–H groups in total. The number of benzene rings is 1. The van der Waals surface area contributed by atoms with E-state index >= 15 is 0 Å². The lowest BCUT2D eigenvalue weighted by Gasteiger charge is -2.30. The molecule has 1 aromatic heterocycles. The number of amides is 2. The van der Waals surface area contributed by atoms with Crippen LogP contribution in [0.4, 0.5) is 0 Å². The van der Waals surface area contributed by atoms with Crippen molar-refractivity contribution >= 4 is 21.8 Å². The van der Waals surface area contributed by atoms with E-state index in [1.54, 1.807) is 18.5 Å². The highest BCUT2D eigenvalue weighted by atomic mass is 32.2. The number of carbonyl (C=O) groups is 2. The second kappa shape index (κ2) is 10.3. The lowest BCUT2D eigenvalue weighted by Crippen LogP contribution is -2.43. The van der Waals surface area contributed by atoms with Crippen molar-refractivity contribution in [2.24, 2.45) is 13.0 Å². The Hall–Kier alpha value is -2.72. The molecule has 0 saturated carbocycles. The number of hydrogen-bond acceptors (Lipinski definition) is 5. The fourth-order valence-corrected chi connectivity index (χ4v) is 6.06. The van der Waals surface area contributed by atoms with Crippen LogP contribution in [0.15, 0.2) is 35.5 Å². The highest BCUT2D eigenvalue weighted by molar-refractivity contribution is 7.89. The molecule has 0 aliphatic carbocycles. The molecule has 2 saturated heterocycles. The van der Waals surface area contributed by atoms with Gasteiger partial charge in [-0.25, -0.2) is 13.4 Å². The van der Waals surface area contributed by atoms with Gasteiger partial charge in [0.15, 0.2) is 5.03 Å². The molecule has 4 rings (SSSR count). The number of likely N-dealkylation sites (tertiary alicyclic amines) is 1. The minimum Gasteiger partial charge on any atom is -0.352 e. The number of imidazole rings is 1. The van der Waals surface area contributed by atoms with E-state index in [2.05, 4.69) is 10.3 Å². The number of carbonyl (C=O) groups excluding carboxylic acids is 2. The van der Waals surface area contributed by atoms with E-state index in [0.717, 1.165) is 31.5 Å². The van der Waals surface area contributed by atoms with Gasteiger partial charge in [-0.1, -0.05) is 12.1 Å². The first kappa shape index (κ1) is 24.4. The zero-order chi connectivity index (χ0) is 24.3. The van der Waals surface area contributed by atoms with Crippen LogP contribution < -0.4 is 5.32 Å². The van der Waals surface area contributed by atoms with Crippen LogP contribution in [0.1, 0.15) is 53.8 Å². The first-order valence-corrected chi connectivity index (χ1v) is 13.4. The Labute approximate surface area is 201 Å². The van der Waals surface area contributed by atoms with E-state index in [1.807, 2.05) is 29.2 Å². The summed E-state index contributed by atoms with van der Waals surface area (Å²) in [6.45, 7) is 4.27. The maximum Gasteiger partial charge on any atom is 0.262 e. The lowest BCUT2D eigenvalue weighted by atomic mass is 9.97. The molecule has 184 valence electrons. The molecule has 0 unspecified atom stereocenters. The second-order valence-electron chi connectivity index (χ2n) is 9.19. The SMILES string of the molecule is Cc1nc(S(=O)(=O)N2CCC(C(=O)NCc3cccc(C(=O)N4CCCCC4)c3)CC2)cn1C. The zero-order valence-electron chi connectivity index (χ0n) is 19.9. The quantitative estimate of drug-likeness (QED) is 0.672. The van der Waals surface area contributed by atoms with Gasteiger partial charge < -0.3 is 14.8 Å². The van der Waals surface area contributed by atoms with Gasteiger partial charge in [0.05, 0.1) is 0 Å². The predicted octanol–water partition coefficient (Wildman–Crippen LogP) is 2.07. The molecule has 9 nitrogen and oxygen atoms in total. The number of nitrogens with zero attached hydrogens (tertiary/aromatic N) is 4. The first-order valence-electron chi connectivity index (χ1n) is 11.9. The molecule has 2 aromatic rings. The predicted molar refractivity (Wildman–Crippen MR) is 127 cm³/mol. The van der Waals surface area contributed by atoms with Gasteiger partial charge in [0.2, 0.25) is 5.91 Å². The molecule has 2 aliphatic rings. The van der Waals surface area contributed by atoms with Gasteiger partial charge in [-0.15, -0.1) is 0 Å². The Bertz CT molecular complexity index is 1130. The molecule has 10 heteroatoms. The van der Waals surface area contributed by atoms with Crippen molar-refractivity contribution in [1.82, 2.24) is 24.1 Å². The third kappa shape index (κ3) is 5.33. The van der Waals surface area contributed by atoms with E-state index < -0.39 is 10.0 Å². The van der Waals surface area contributed by atoms with Gasteiger partial charge in [0, 0.05) is 57.4 Å². The molecule has 1 aromatic carbocycles. The number of sulfonamides is 1. The van der Waals surface area contributed by atoms with Crippen LogP contribution in [0.3, 0.4) is 0 Å². The molecule has 0 spiro atoms. The Morgan fingerprint density at radius 1 is 1.09 bits per heavy atom. The van der Waals surface area contributed by atoms with Gasteiger partial charge in [-0.2, -0.15) is 4.31 Å². The number of aryl methyl sites for hydroxylation is 2. The van der Waals surface area contributed by atoms with E-state index in [-0.39, 0.29) is 35.8 Å². The largest absolute Gasteiger partial charge is 0.352 e. The van der Waals surface area contributed by atoms with Crippen LogP contribution in [0.25, 0.3) is 0 Å². The Kier molecular flexibility index (Phi) is 7.37. The van der Waals surface area contributed by atoms with Crippen LogP contribution >= 0.6 is 0 Å². The number of aromatic nitrogens is 2. The number of piperidine rings is 2. The molecule has 3 heterocycles. The minimum absolute atomic E-state index is 0.0459. The average molecular weight is 488 g/mol. The van der Waals surface area contributed by atoms with Crippen molar-refractivity contribution in [2.75, 3.05) is 26.2 Å². The van der Waals surface area contributed by atoms with Crippen molar-refractivity contribution in [3.8, 4) is 0 Å². The number of rotatable bonds is 6. The third-order valence-electron chi connectivity index (χ3n) is 6.80. The molecule has 2 fully saturated rings. The standard InChI is InChI=1S/C24H33N5O4S/c1-18-26-22(17-27(18)2)34(32,33)29-13-9-20(10-14-29)23(30)25-16-19-7-6-8-21(15-19)24(31)28-11-4-3-5-12-28/h6-8,15,17,20H,3-5,9-14,16H2,1-2H3,(H,25,30). The summed E-state index contributed by atoms with van der Waals surface area (Å²) < 4.78 is 28.8. The maximum atomic E-state index is 12.9. The van der Waals surface area contributed by atoms with Crippen molar-refractivity contribution in [1.29, 1.82) is 0 Å². The normalized spacial score (nSPS) is 18.1. The van der Waals surface area contributed by atoms with Crippen LogP contribution in [-0.4, -0.2) is 65.2 Å². The molecule has 0 atom stereocenters. The minimum atomic E-state index is -3.66. The van der Waals surface area contributed by atoms with E-state index in [0.29, 0.717) is 30.8 Å². The van der Waals surface area contributed by atoms with Crippen LogP contribution in [0.2, 0.25) is 0 Å². The Morgan fingerprint density at radius 2 is 1.79 bits per heavy atom. The van der Waals surface area contributed by atoms with E-state index in [4.69, 9.17) is 0 Å². The van der Waals surface area contributed by atoms with Crippen LogP contribution in [0, 0.1) is 12.8 Å². The molecular weight excluding hydrogens is 454 g/mol. The summed E-state index contributed by atoms with van der Waals surface area (Å²) in [4.78, 5) is 31.5. The highest BCUT2D eigenvalue weighted by Gasteiger charge is 2.33. The van der Waals surface area contributed by atoms with Crippen molar-refractivity contribution in [2.45, 2.75) is 50.6 Å². The monoisotopic (exact) mass is 487 g/mol. The van der Waals surface area contributed by atoms with Gasteiger partial charge in [0.25, 0.3) is 15.9 Å². The van der Waals surface area contributed by atoms with Crippen molar-refractivity contribution in [3.63, 3.8) is 0 Å². The first-order chi connectivity index (χ1) is 16.3. The molecule has 0 bridgehead atoms. The summed E-state index contributed by atoms with van der Waals surface area (Å²) in [6, 6.07) is 7.42. The summed E-state index contributed by atoms with van der Waals surface area (Å²) in [6.07, 6.45) is 5.71. The molecular formula is C24H33N5O4S. The van der Waals surface area contributed by atoms with E-state index in [9.17, 15) is 18.0 Å². The maximum absolute atomic E-state index is 12.9. The lowest BCUT2D eigenvalue weighted by molar-refractivity contribution is -0.126. The average Bonchev–Trinajstić information content (AvgIpc) is 3.21. The molecule has 2 aliphatic heterocycles. The fourth-order valence-electron chi connectivity index (χ4n) is 4.57. The molecule has 0 radical (unpaired) electrons. The van der Waals surface area contributed by atoms with Gasteiger partial charge in [-0.05, 0) is 56.7 Å². The van der Waals surface area contributed by atoms with Crippen LogP contribution in [0.5, 0.6) is 0 Å². The summed E-state index contributed by atoms with van der Waals surface area (Å²) >= 11 is 0. The van der Waals surface area contributed by atoms with Crippen molar-refractivity contribution < 1.29 is 18.0 Å². The smallest absolute Gasteiger partial charge is 0.262 e. The Morgan fingerprint density at radius 3 is 2.44 bits per heavy atom. The Balaban J connectivity index is 1.29. The highest BCUT2D eigenvalue weighted by Crippen LogP contribution is 2.24. The number of nitrogens with one attached hydrogen (secondary N) is 1. The van der Waals surface area contributed by atoms with E-state index in [1.165, 1.54) is 16.9 Å². The zero-order valence-corrected chi connectivity index (χ0v) is 20.7. The topological polar surface area (TPSA) is 105 Å². The van der Waals surface area contributed by atoms with Crippen molar-refractivity contribution in [3.05, 3.63) is 47.4 Å². The number of hydrogen-bond donors (Lipinski definition) is 1. The fraction of sp³-hybridized carbons (Fsp3) is 0.542. The third-order valence-corrected chi connectivity index (χ3v) is 8.57. The second-order valence-corrected chi connectivity index (χ2v) is 11.1. The van der Waals surface area contributed by atoms with Gasteiger partial charge in [0.1, 0.15) is 5.82 Å². The van der Waals surface area contributed by atoms with Crippen LogP contribution in [-0.2, 0) is 28.4 Å². The summed E-state index contributed by atoms with van der Waals surface area (Å²) in [7, 11) is -1.90. The summed E-state index contributed by atoms with van der Waals surface area (Å²) in [5.41, 5.74) is 1.53.